The lowest BCUT2D eigenvalue weighted by Crippen LogP contribution is -2.24. The minimum Gasteiger partial charge on any atom is -0.496 e. The van der Waals surface area contributed by atoms with Crippen LogP contribution in [0.2, 0.25) is 0 Å². The van der Waals surface area contributed by atoms with Gasteiger partial charge in [-0.05, 0) is 37.6 Å². The fraction of sp³-hybridized carbons (Fsp3) is 0.500. The van der Waals surface area contributed by atoms with E-state index in [1.54, 1.807) is 21.1 Å². The minimum atomic E-state index is -0.302. The van der Waals surface area contributed by atoms with E-state index in [9.17, 15) is 4.79 Å². The topological polar surface area (TPSA) is 38.3 Å². The number of rotatable bonds is 5. The second-order valence-electron chi connectivity index (χ2n) is 4.49. The highest BCUT2D eigenvalue weighted by molar-refractivity contribution is 5.83. The normalized spacial score (nSPS) is 12.6. The number of nitrogens with one attached hydrogen (secondary N) is 1. The van der Waals surface area contributed by atoms with Gasteiger partial charge in [0.25, 0.3) is 0 Å². The number of hydrogen-bond acceptors (Lipinski definition) is 3. The second kappa shape index (κ2) is 5.82. The summed E-state index contributed by atoms with van der Waals surface area (Å²) in [6.45, 7) is 5.85. The molecule has 0 amide bonds. The van der Waals surface area contributed by atoms with Crippen molar-refractivity contribution in [1.82, 2.24) is 5.32 Å². The molecule has 94 valence electrons. The standard InChI is InChI=1S/C14H21NO2/c1-9(2)11-6-7-13(17-5)12(8-11)14(15-4)10(3)16/h6-9,14-15H,1-5H3. The number of likely N-dealkylation sites (N-methyl/N-ethyl adjacent to an activating group) is 1. The van der Waals surface area contributed by atoms with Crippen LogP contribution in [0.4, 0.5) is 0 Å². The van der Waals surface area contributed by atoms with Gasteiger partial charge in [0.05, 0.1) is 13.2 Å². The third-order valence-electron chi connectivity index (χ3n) is 2.93. The summed E-state index contributed by atoms with van der Waals surface area (Å²) in [6.07, 6.45) is 0. The highest BCUT2D eigenvalue weighted by Gasteiger charge is 2.19. The number of ether oxygens (including phenoxy) is 1. The number of carbonyl (C=O) groups is 1. The van der Waals surface area contributed by atoms with Crippen LogP contribution >= 0.6 is 0 Å². The molecule has 3 nitrogen and oxygen atoms in total. The Kier molecular flexibility index (Phi) is 4.70. The summed E-state index contributed by atoms with van der Waals surface area (Å²) in [5, 5.41) is 3.03. The number of ketones is 1. The van der Waals surface area contributed by atoms with E-state index in [1.165, 1.54) is 5.56 Å². The van der Waals surface area contributed by atoms with Crippen LogP contribution in [-0.4, -0.2) is 19.9 Å². The zero-order valence-corrected chi connectivity index (χ0v) is 11.2. The van der Waals surface area contributed by atoms with Gasteiger partial charge >= 0.3 is 0 Å². The fourth-order valence-electron chi connectivity index (χ4n) is 1.92. The molecule has 1 atom stereocenters. The van der Waals surface area contributed by atoms with Gasteiger partial charge in [-0.25, -0.2) is 0 Å². The molecule has 3 heteroatoms. The minimum absolute atomic E-state index is 0.0895. The molecule has 0 saturated heterocycles. The number of hydrogen-bond donors (Lipinski definition) is 1. The molecule has 17 heavy (non-hydrogen) atoms. The van der Waals surface area contributed by atoms with Gasteiger partial charge in [0.1, 0.15) is 5.75 Å². The molecule has 0 bridgehead atoms. The average molecular weight is 235 g/mol. The van der Waals surface area contributed by atoms with Gasteiger partial charge in [0, 0.05) is 5.56 Å². The SMILES string of the molecule is CNC(C(C)=O)c1cc(C(C)C)ccc1OC. The van der Waals surface area contributed by atoms with Crippen LogP contribution in [0.15, 0.2) is 18.2 Å². The third kappa shape index (κ3) is 3.07. The molecule has 0 spiro atoms. The van der Waals surface area contributed by atoms with Crippen LogP contribution in [0.1, 0.15) is 43.9 Å². The fourth-order valence-corrected chi connectivity index (χ4v) is 1.92. The van der Waals surface area contributed by atoms with Gasteiger partial charge in [-0.3, -0.25) is 4.79 Å². The first-order valence-electron chi connectivity index (χ1n) is 5.86. The average Bonchev–Trinajstić information content (AvgIpc) is 2.29. The number of Topliss-reactive ketones (excluding diaryl/α,β-unsaturated/α-hetero) is 1. The Morgan fingerprint density at radius 1 is 1.35 bits per heavy atom. The molecule has 0 aliphatic rings. The number of carbonyl (C=O) groups excluding carboxylic acids is 1. The van der Waals surface area contributed by atoms with E-state index in [1.807, 2.05) is 18.2 Å². The Bertz CT molecular complexity index is 399. The smallest absolute Gasteiger partial charge is 0.151 e. The first-order chi connectivity index (χ1) is 8.01. The maximum atomic E-state index is 11.6. The predicted octanol–water partition coefficient (Wildman–Crippen LogP) is 2.67. The Morgan fingerprint density at radius 3 is 2.41 bits per heavy atom. The summed E-state index contributed by atoms with van der Waals surface area (Å²) in [4.78, 5) is 11.6. The first kappa shape index (κ1) is 13.7. The first-order valence-corrected chi connectivity index (χ1v) is 5.86. The molecular formula is C14H21NO2. The van der Waals surface area contributed by atoms with Crippen molar-refractivity contribution in [3.63, 3.8) is 0 Å². The summed E-state index contributed by atoms with van der Waals surface area (Å²) in [7, 11) is 3.41. The zero-order valence-electron chi connectivity index (χ0n) is 11.2. The third-order valence-corrected chi connectivity index (χ3v) is 2.93. The molecule has 0 aliphatic carbocycles. The van der Waals surface area contributed by atoms with Crippen molar-refractivity contribution in [3.05, 3.63) is 29.3 Å². The molecule has 1 rings (SSSR count). The molecule has 0 heterocycles. The Hall–Kier alpha value is -1.35. The molecule has 1 aromatic rings. The molecule has 1 N–H and O–H groups in total. The van der Waals surface area contributed by atoms with Gasteiger partial charge in [-0.1, -0.05) is 19.9 Å². The lowest BCUT2D eigenvalue weighted by molar-refractivity contribution is -0.119. The highest BCUT2D eigenvalue weighted by atomic mass is 16.5. The van der Waals surface area contributed by atoms with Crippen molar-refractivity contribution < 1.29 is 9.53 Å². The molecule has 0 radical (unpaired) electrons. The van der Waals surface area contributed by atoms with E-state index >= 15 is 0 Å². The summed E-state index contributed by atoms with van der Waals surface area (Å²) < 4.78 is 5.32. The van der Waals surface area contributed by atoms with E-state index in [4.69, 9.17) is 4.74 Å². The number of methoxy groups -OCH3 is 1. The van der Waals surface area contributed by atoms with Crippen LogP contribution in [0.5, 0.6) is 5.75 Å². The van der Waals surface area contributed by atoms with E-state index in [-0.39, 0.29) is 11.8 Å². The van der Waals surface area contributed by atoms with Crippen molar-refractivity contribution in [3.8, 4) is 5.75 Å². The second-order valence-corrected chi connectivity index (χ2v) is 4.49. The van der Waals surface area contributed by atoms with Crippen LogP contribution in [0, 0.1) is 0 Å². The molecule has 1 aromatic carbocycles. The monoisotopic (exact) mass is 235 g/mol. The van der Waals surface area contributed by atoms with E-state index in [2.05, 4.69) is 19.2 Å². The highest BCUT2D eigenvalue weighted by Crippen LogP contribution is 2.29. The summed E-state index contributed by atoms with van der Waals surface area (Å²) in [5.74, 6) is 1.28. The zero-order chi connectivity index (χ0) is 13.0. The number of benzene rings is 1. The van der Waals surface area contributed by atoms with E-state index in [0.717, 1.165) is 11.3 Å². The molecule has 0 fully saturated rings. The van der Waals surface area contributed by atoms with Gasteiger partial charge in [-0.15, -0.1) is 0 Å². The largest absolute Gasteiger partial charge is 0.496 e. The Balaban J connectivity index is 3.26. The molecular weight excluding hydrogens is 214 g/mol. The maximum Gasteiger partial charge on any atom is 0.151 e. The predicted molar refractivity (Wildman–Crippen MR) is 69.6 cm³/mol. The molecule has 1 unspecified atom stereocenters. The summed E-state index contributed by atoms with van der Waals surface area (Å²) in [6, 6.07) is 5.72. The Labute approximate surface area is 103 Å². The van der Waals surface area contributed by atoms with Crippen LogP contribution in [0.3, 0.4) is 0 Å². The van der Waals surface area contributed by atoms with Gasteiger partial charge in [-0.2, -0.15) is 0 Å². The molecule has 0 saturated carbocycles. The van der Waals surface area contributed by atoms with Gasteiger partial charge in [0.2, 0.25) is 0 Å². The summed E-state index contributed by atoms with van der Waals surface area (Å²) >= 11 is 0. The van der Waals surface area contributed by atoms with Crippen molar-refractivity contribution in [2.45, 2.75) is 32.7 Å². The van der Waals surface area contributed by atoms with Crippen LogP contribution in [-0.2, 0) is 4.79 Å². The molecule has 0 aromatic heterocycles. The van der Waals surface area contributed by atoms with Crippen molar-refractivity contribution in [2.24, 2.45) is 0 Å². The summed E-state index contributed by atoms with van der Waals surface area (Å²) in [5.41, 5.74) is 2.12. The van der Waals surface area contributed by atoms with Crippen molar-refractivity contribution in [1.29, 1.82) is 0 Å². The van der Waals surface area contributed by atoms with Gasteiger partial charge in [0.15, 0.2) is 5.78 Å². The van der Waals surface area contributed by atoms with Crippen LogP contribution in [0.25, 0.3) is 0 Å². The van der Waals surface area contributed by atoms with Crippen molar-refractivity contribution in [2.75, 3.05) is 14.2 Å². The maximum absolute atomic E-state index is 11.6. The quantitative estimate of drug-likeness (QED) is 0.852. The Morgan fingerprint density at radius 2 is 2.00 bits per heavy atom. The lowest BCUT2D eigenvalue weighted by atomic mass is 9.95. The molecule has 0 aliphatic heterocycles. The van der Waals surface area contributed by atoms with E-state index in [0.29, 0.717) is 5.92 Å². The van der Waals surface area contributed by atoms with E-state index < -0.39 is 0 Å². The van der Waals surface area contributed by atoms with Crippen molar-refractivity contribution >= 4 is 5.78 Å². The van der Waals surface area contributed by atoms with Crippen LogP contribution < -0.4 is 10.1 Å². The van der Waals surface area contributed by atoms with Gasteiger partial charge < -0.3 is 10.1 Å². The lowest BCUT2D eigenvalue weighted by Gasteiger charge is -2.18.